The van der Waals surface area contributed by atoms with E-state index < -0.39 is 0 Å². The smallest absolute Gasteiger partial charge is 0.227 e. The van der Waals surface area contributed by atoms with Crippen molar-refractivity contribution in [1.29, 1.82) is 0 Å². The minimum atomic E-state index is 0.539. The Hall–Kier alpha value is -0.900. The Labute approximate surface area is 103 Å². The van der Waals surface area contributed by atoms with Crippen molar-refractivity contribution in [2.45, 2.75) is 51.9 Å². The number of rotatable bonds is 6. The lowest BCUT2D eigenvalue weighted by atomic mass is 10.0. The van der Waals surface area contributed by atoms with Crippen molar-refractivity contribution in [2.24, 2.45) is 5.92 Å². The van der Waals surface area contributed by atoms with Crippen molar-refractivity contribution in [1.82, 2.24) is 15.5 Å². The van der Waals surface area contributed by atoms with Gasteiger partial charge in [0.2, 0.25) is 5.89 Å². The molecule has 4 nitrogen and oxygen atoms in total. The minimum absolute atomic E-state index is 0.539. The van der Waals surface area contributed by atoms with E-state index in [2.05, 4.69) is 29.3 Å². The summed E-state index contributed by atoms with van der Waals surface area (Å²) in [6.45, 7) is 6.27. The van der Waals surface area contributed by atoms with E-state index in [0.717, 1.165) is 37.1 Å². The van der Waals surface area contributed by atoms with Crippen molar-refractivity contribution < 1.29 is 4.52 Å². The molecule has 0 saturated heterocycles. The average Bonchev–Trinajstić information content (AvgIpc) is 2.97. The van der Waals surface area contributed by atoms with Gasteiger partial charge in [0, 0.05) is 18.9 Å². The van der Waals surface area contributed by atoms with Gasteiger partial charge in [-0.2, -0.15) is 4.98 Å². The highest BCUT2D eigenvalue weighted by Gasteiger charge is 2.28. The van der Waals surface area contributed by atoms with Crippen LogP contribution in [0.15, 0.2) is 4.52 Å². The van der Waals surface area contributed by atoms with Gasteiger partial charge in [0.15, 0.2) is 5.82 Å². The predicted molar refractivity (Wildman–Crippen MR) is 66.9 cm³/mol. The van der Waals surface area contributed by atoms with Gasteiger partial charge >= 0.3 is 0 Å². The molecule has 1 aromatic heterocycles. The summed E-state index contributed by atoms with van der Waals surface area (Å²) in [7, 11) is 0. The molecule has 96 valence electrons. The molecule has 0 aliphatic heterocycles. The second kappa shape index (κ2) is 6.15. The van der Waals surface area contributed by atoms with E-state index >= 15 is 0 Å². The fourth-order valence-electron chi connectivity index (χ4n) is 2.59. The summed E-state index contributed by atoms with van der Waals surface area (Å²) in [5, 5.41) is 7.40. The number of hydrogen-bond donors (Lipinski definition) is 1. The molecule has 4 heteroatoms. The highest BCUT2D eigenvalue weighted by molar-refractivity contribution is 4.99. The Morgan fingerprint density at radius 3 is 2.94 bits per heavy atom. The maximum Gasteiger partial charge on any atom is 0.227 e. The predicted octanol–water partition coefficient (Wildman–Crippen LogP) is 2.52. The zero-order valence-corrected chi connectivity index (χ0v) is 10.9. The van der Waals surface area contributed by atoms with Gasteiger partial charge < -0.3 is 9.84 Å². The van der Waals surface area contributed by atoms with Crippen LogP contribution in [0.5, 0.6) is 0 Å². The molecule has 1 aliphatic carbocycles. The molecule has 2 unspecified atom stereocenters. The normalized spacial score (nSPS) is 24.4. The molecule has 1 fully saturated rings. The highest BCUT2D eigenvalue weighted by atomic mass is 16.5. The third-order valence-electron chi connectivity index (χ3n) is 3.73. The number of likely N-dealkylation sites (N-methyl/N-ethyl adjacent to an activating group) is 1. The van der Waals surface area contributed by atoms with E-state index in [4.69, 9.17) is 4.52 Å². The molecule has 2 atom stereocenters. The van der Waals surface area contributed by atoms with Gasteiger partial charge in [0.25, 0.3) is 0 Å². The van der Waals surface area contributed by atoms with E-state index in [1.807, 2.05) is 0 Å². The van der Waals surface area contributed by atoms with E-state index in [1.165, 1.54) is 25.7 Å². The first-order valence-corrected chi connectivity index (χ1v) is 6.86. The summed E-state index contributed by atoms with van der Waals surface area (Å²) in [6.07, 6.45) is 5.90. The average molecular weight is 237 g/mol. The van der Waals surface area contributed by atoms with Crippen molar-refractivity contribution >= 4 is 0 Å². The Kier molecular flexibility index (Phi) is 4.54. The summed E-state index contributed by atoms with van der Waals surface area (Å²) >= 11 is 0. The molecule has 1 N–H and O–H groups in total. The standard InChI is InChI=1S/C13H23N3O/c1-3-10-5-6-11(9-10)13-15-12(17-16-13)7-8-14-4-2/h10-11,14H,3-9H2,1-2H3. The van der Waals surface area contributed by atoms with Gasteiger partial charge in [-0.1, -0.05) is 25.4 Å². The number of nitrogens with one attached hydrogen (secondary N) is 1. The molecular formula is C13H23N3O. The lowest BCUT2D eigenvalue weighted by Crippen LogP contribution is -2.16. The van der Waals surface area contributed by atoms with Crippen molar-refractivity contribution in [3.63, 3.8) is 0 Å². The molecule has 0 bridgehead atoms. The van der Waals surface area contributed by atoms with Gasteiger partial charge in [0.1, 0.15) is 0 Å². The third-order valence-corrected chi connectivity index (χ3v) is 3.73. The van der Waals surface area contributed by atoms with Gasteiger partial charge in [-0.3, -0.25) is 0 Å². The molecule has 1 aliphatic rings. The van der Waals surface area contributed by atoms with E-state index in [9.17, 15) is 0 Å². The van der Waals surface area contributed by atoms with Gasteiger partial charge in [-0.15, -0.1) is 0 Å². The minimum Gasteiger partial charge on any atom is -0.339 e. The first-order chi connectivity index (χ1) is 8.33. The molecule has 1 saturated carbocycles. The monoisotopic (exact) mass is 237 g/mol. The second-order valence-electron chi connectivity index (χ2n) is 4.93. The third kappa shape index (κ3) is 3.28. The summed E-state index contributed by atoms with van der Waals surface area (Å²) in [5.74, 6) is 3.12. The highest BCUT2D eigenvalue weighted by Crippen LogP contribution is 2.38. The summed E-state index contributed by atoms with van der Waals surface area (Å²) in [6, 6.07) is 0. The first kappa shape index (κ1) is 12.6. The summed E-state index contributed by atoms with van der Waals surface area (Å²) in [5.41, 5.74) is 0. The number of nitrogens with zero attached hydrogens (tertiary/aromatic N) is 2. The van der Waals surface area contributed by atoms with Crippen LogP contribution in [0, 0.1) is 5.92 Å². The zero-order valence-electron chi connectivity index (χ0n) is 10.9. The van der Waals surface area contributed by atoms with Crippen LogP contribution in [0.1, 0.15) is 57.2 Å². The topological polar surface area (TPSA) is 51.0 Å². The largest absolute Gasteiger partial charge is 0.339 e. The van der Waals surface area contributed by atoms with Crippen LogP contribution in [0.4, 0.5) is 0 Å². The van der Waals surface area contributed by atoms with Crippen LogP contribution in [0.2, 0.25) is 0 Å². The molecule has 0 spiro atoms. The Bertz CT molecular complexity index is 337. The fraction of sp³-hybridized carbons (Fsp3) is 0.846. The molecule has 2 rings (SSSR count). The van der Waals surface area contributed by atoms with E-state index in [0.29, 0.717) is 5.92 Å². The van der Waals surface area contributed by atoms with Crippen molar-refractivity contribution in [3.8, 4) is 0 Å². The van der Waals surface area contributed by atoms with Crippen LogP contribution in [0.25, 0.3) is 0 Å². The Morgan fingerprint density at radius 2 is 2.24 bits per heavy atom. The summed E-state index contributed by atoms with van der Waals surface area (Å²) in [4.78, 5) is 4.52. The zero-order chi connectivity index (χ0) is 12.1. The van der Waals surface area contributed by atoms with Crippen molar-refractivity contribution in [3.05, 3.63) is 11.7 Å². The van der Waals surface area contributed by atoms with Gasteiger partial charge in [-0.05, 0) is 31.7 Å². The Balaban J connectivity index is 1.85. The Morgan fingerprint density at radius 1 is 1.35 bits per heavy atom. The molecule has 0 radical (unpaired) electrons. The lowest BCUT2D eigenvalue weighted by Gasteiger charge is -2.04. The lowest BCUT2D eigenvalue weighted by molar-refractivity contribution is 0.367. The fourth-order valence-corrected chi connectivity index (χ4v) is 2.59. The van der Waals surface area contributed by atoms with E-state index in [1.54, 1.807) is 0 Å². The van der Waals surface area contributed by atoms with Crippen LogP contribution >= 0.6 is 0 Å². The van der Waals surface area contributed by atoms with Crippen LogP contribution in [-0.4, -0.2) is 23.2 Å². The molecule has 1 aromatic rings. The van der Waals surface area contributed by atoms with Crippen LogP contribution < -0.4 is 5.32 Å². The first-order valence-electron chi connectivity index (χ1n) is 6.86. The molecular weight excluding hydrogens is 214 g/mol. The summed E-state index contributed by atoms with van der Waals surface area (Å²) < 4.78 is 5.29. The van der Waals surface area contributed by atoms with Crippen molar-refractivity contribution in [2.75, 3.05) is 13.1 Å². The molecule has 0 aromatic carbocycles. The van der Waals surface area contributed by atoms with E-state index in [-0.39, 0.29) is 0 Å². The molecule has 0 amide bonds. The van der Waals surface area contributed by atoms with Gasteiger partial charge in [0.05, 0.1) is 0 Å². The van der Waals surface area contributed by atoms with Crippen LogP contribution in [0.3, 0.4) is 0 Å². The maximum atomic E-state index is 5.29. The quantitative estimate of drug-likeness (QED) is 0.772. The molecule has 1 heterocycles. The second-order valence-corrected chi connectivity index (χ2v) is 4.93. The molecule has 17 heavy (non-hydrogen) atoms. The van der Waals surface area contributed by atoms with Gasteiger partial charge in [-0.25, -0.2) is 0 Å². The number of hydrogen-bond acceptors (Lipinski definition) is 4. The van der Waals surface area contributed by atoms with Crippen LogP contribution in [-0.2, 0) is 6.42 Å². The maximum absolute atomic E-state index is 5.29. The SMILES string of the molecule is CCNCCc1nc(C2CCC(CC)C2)no1. The number of aromatic nitrogens is 2.